The van der Waals surface area contributed by atoms with Crippen molar-refractivity contribution in [3.63, 3.8) is 0 Å². The van der Waals surface area contributed by atoms with Crippen LogP contribution in [0.25, 0.3) is 77.2 Å². The third-order valence-corrected chi connectivity index (χ3v) is 9.48. The molecule has 0 bridgehead atoms. The van der Waals surface area contributed by atoms with Gasteiger partial charge in [-0.05, 0) is 58.8 Å². The number of fused-ring (bicyclic) bond motifs is 8. The molecule has 0 radical (unpaired) electrons. The highest BCUT2D eigenvalue weighted by atomic mass is 16.3. The van der Waals surface area contributed by atoms with E-state index in [-0.39, 0.29) is 0 Å². The Morgan fingerprint density at radius 3 is 1.98 bits per heavy atom. The van der Waals surface area contributed by atoms with Crippen LogP contribution in [0.1, 0.15) is 0 Å². The molecule has 2 aromatic heterocycles. The van der Waals surface area contributed by atoms with E-state index in [4.69, 9.17) is 13.8 Å². The van der Waals surface area contributed by atoms with E-state index in [2.05, 4.69) is 132 Å². The minimum Gasteiger partial charge on any atom is -0.455 e. The predicted octanol–water partition coefficient (Wildman–Crippen LogP) is 12.8. The second-order valence-corrected chi connectivity index (χ2v) is 12.3. The van der Waals surface area contributed by atoms with Gasteiger partial charge in [-0.1, -0.05) is 121 Å². The average Bonchev–Trinajstić information content (AvgIpc) is 3.78. The molecule has 49 heavy (non-hydrogen) atoms. The van der Waals surface area contributed by atoms with Crippen LogP contribution in [-0.4, -0.2) is 4.98 Å². The molecule has 10 rings (SSSR count). The fourth-order valence-electron chi connectivity index (χ4n) is 7.21. The maximum Gasteiger partial charge on any atom is 0.227 e. The van der Waals surface area contributed by atoms with Gasteiger partial charge in [0.2, 0.25) is 5.89 Å². The highest BCUT2D eigenvalue weighted by Gasteiger charge is 2.22. The Bertz CT molecular complexity index is 2820. The summed E-state index contributed by atoms with van der Waals surface area (Å²) in [5.41, 5.74) is 9.60. The number of rotatable bonds is 5. The van der Waals surface area contributed by atoms with Crippen molar-refractivity contribution < 1.29 is 8.83 Å². The molecule has 0 unspecified atom stereocenters. The molecule has 0 amide bonds. The van der Waals surface area contributed by atoms with Crippen molar-refractivity contribution in [3.05, 3.63) is 170 Å². The normalized spacial score (nSPS) is 11.7. The number of furan rings is 1. The van der Waals surface area contributed by atoms with Gasteiger partial charge < -0.3 is 13.7 Å². The number of para-hydroxylation sites is 3. The highest BCUT2D eigenvalue weighted by Crippen LogP contribution is 2.46. The number of hydrogen-bond acceptors (Lipinski definition) is 4. The van der Waals surface area contributed by atoms with Gasteiger partial charge in [-0.3, -0.25) is 0 Å². The number of nitrogens with zero attached hydrogens (tertiary/aromatic N) is 2. The summed E-state index contributed by atoms with van der Waals surface area (Å²) < 4.78 is 12.9. The summed E-state index contributed by atoms with van der Waals surface area (Å²) in [7, 11) is 0. The van der Waals surface area contributed by atoms with Crippen LogP contribution >= 0.6 is 0 Å². The van der Waals surface area contributed by atoms with Crippen LogP contribution in [0.3, 0.4) is 0 Å². The Kier molecular flexibility index (Phi) is 6.15. The first-order chi connectivity index (χ1) is 24.3. The molecule has 2 heterocycles. The van der Waals surface area contributed by atoms with Crippen LogP contribution in [0.5, 0.6) is 0 Å². The molecule has 230 valence electrons. The SMILES string of the molecule is c1ccc(-c2nc3c(cc(N(c4ccccc4)c4ccc(-c5cccc6c5oc5ccccc56)cc4)c4c5ccccc5ccc34)o2)cc1. The Morgan fingerprint density at radius 2 is 1.14 bits per heavy atom. The van der Waals surface area contributed by atoms with Gasteiger partial charge in [0, 0.05) is 50.1 Å². The molecule has 0 saturated carbocycles. The van der Waals surface area contributed by atoms with E-state index in [0.717, 1.165) is 82.9 Å². The zero-order valence-corrected chi connectivity index (χ0v) is 26.4. The number of anilines is 3. The van der Waals surface area contributed by atoms with E-state index in [1.54, 1.807) is 0 Å². The van der Waals surface area contributed by atoms with Crippen molar-refractivity contribution >= 4 is 71.6 Å². The van der Waals surface area contributed by atoms with Crippen molar-refractivity contribution in [2.75, 3.05) is 4.90 Å². The van der Waals surface area contributed by atoms with Crippen molar-refractivity contribution in [1.82, 2.24) is 4.98 Å². The van der Waals surface area contributed by atoms with Gasteiger partial charge in [-0.15, -0.1) is 0 Å². The number of hydrogen-bond donors (Lipinski definition) is 0. The number of aromatic nitrogens is 1. The summed E-state index contributed by atoms with van der Waals surface area (Å²) in [5.74, 6) is 0.609. The van der Waals surface area contributed by atoms with E-state index >= 15 is 0 Å². The third kappa shape index (κ3) is 4.42. The van der Waals surface area contributed by atoms with Crippen LogP contribution in [0.2, 0.25) is 0 Å². The fourth-order valence-corrected chi connectivity index (χ4v) is 7.21. The summed E-state index contributed by atoms with van der Waals surface area (Å²) in [6.07, 6.45) is 0. The zero-order valence-electron chi connectivity index (χ0n) is 26.4. The molecule has 0 aliphatic heterocycles. The van der Waals surface area contributed by atoms with Crippen molar-refractivity contribution in [1.29, 1.82) is 0 Å². The van der Waals surface area contributed by atoms with Crippen molar-refractivity contribution in [2.45, 2.75) is 0 Å². The summed E-state index contributed by atoms with van der Waals surface area (Å²) in [5, 5.41) is 6.75. The molecule has 0 atom stereocenters. The molecule has 8 aromatic carbocycles. The van der Waals surface area contributed by atoms with Crippen LogP contribution in [0.15, 0.2) is 179 Å². The molecule has 10 aromatic rings. The van der Waals surface area contributed by atoms with Crippen molar-refractivity contribution in [3.8, 4) is 22.6 Å². The lowest BCUT2D eigenvalue weighted by Gasteiger charge is -2.27. The lowest BCUT2D eigenvalue weighted by molar-refractivity contribution is 0.620. The summed E-state index contributed by atoms with van der Waals surface area (Å²) in [4.78, 5) is 7.38. The Balaban J connectivity index is 1.20. The molecule has 4 heteroatoms. The van der Waals surface area contributed by atoms with Gasteiger partial charge in [-0.2, -0.15) is 0 Å². The molecule has 0 spiro atoms. The summed E-state index contributed by atoms with van der Waals surface area (Å²) >= 11 is 0. The summed E-state index contributed by atoms with van der Waals surface area (Å²) in [6.45, 7) is 0. The van der Waals surface area contributed by atoms with E-state index in [1.807, 2.05) is 42.5 Å². The molecule has 0 aliphatic carbocycles. The molecule has 0 aliphatic rings. The second-order valence-electron chi connectivity index (χ2n) is 12.3. The molecule has 4 nitrogen and oxygen atoms in total. The second kappa shape index (κ2) is 11.0. The molecule has 0 N–H and O–H groups in total. The van der Waals surface area contributed by atoms with Crippen LogP contribution in [0, 0.1) is 0 Å². The smallest absolute Gasteiger partial charge is 0.227 e. The van der Waals surface area contributed by atoms with E-state index < -0.39 is 0 Å². The monoisotopic (exact) mass is 628 g/mol. The van der Waals surface area contributed by atoms with Crippen molar-refractivity contribution in [2.24, 2.45) is 0 Å². The molecular formula is C45H28N2O2. The van der Waals surface area contributed by atoms with Gasteiger partial charge in [0.25, 0.3) is 0 Å². The topological polar surface area (TPSA) is 42.4 Å². The van der Waals surface area contributed by atoms with Crippen LogP contribution < -0.4 is 4.90 Å². The first-order valence-corrected chi connectivity index (χ1v) is 16.5. The fraction of sp³-hybridized carbons (Fsp3) is 0. The van der Waals surface area contributed by atoms with Gasteiger partial charge in [0.05, 0.1) is 5.69 Å². The Hall–Kier alpha value is -6.65. The standard InChI is InChI=1S/C45H28N2O2/c1-3-13-31(14-4-1)45-46-43-38-27-24-29-12-7-8-17-34(29)42(38)39(28-41(43)49-45)47(32-15-5-2-6-16-32)33-25-22-30(23-26-33)35-19-11-20-37-36-18-9-10-21-40(36)48-44(35)37/h1-28H. The summed E-state index contributed by atoms with van der Waals surface area (Å²) in [6, 6.07) is 59.1. The van der Waals surface area contributed by atoms with Crippen LogP contribution in [-0.2, 0) is 0 Å². The first kappa shape index (κ1) is 27.5. The predicted molar refractivity (Wildman–Crippen MR) is 202 cm³/mol. The third-order valence-electron chi connectivity index (χ3n) is 9.48. The zero-order chi connectivity index (χ0) is 32.3. The van der Waals surface area contributed by atoms with Crippen LogP contribution in [0.4, 0.5) is 17.1 Å². The maximum absolute atomic E-state index is 6.53. The molecular weight excluding hydrogens is 601 g/mol. The lowest BCUT2D eigenvalue weighted by Crippen LogP contribution is -2.10. The van der Waals surface area contributed by atoms with E-state index in [1.165, 1.54) is 5.39 Å². The molecule has 0 saturated heterocycles. The lowest BCUT2D eigenvalue weighted by atomic mass is 9.98. The maximum atomic E-state index is 6.53. The van der Waals surface area contributed by atoms with E-state index in [9.17, 15) is 0 Å². The molecule has 0 fully saturated rings. The number of oxazole rings is 1. The van der Waals surface area contributed by atoms with Gasteiger partial charge in [0.15, 0.2) is 5.58 Å². The minimum absolute atomic E-state index is 0.609. The van der Waals surface area contributed by atoms with Gasteiger partial charge in [-0.25, -0.2) is 4.98 Å². The Morgan fingerprint density at radius 1 is 0.449 bits per heavy atom. The van der Waals surface area contributed by atoms with Gasteiger partial charge >= 0.3 is 0 Å². The van der Waals surface area contributed by atoms with E-state index in [0.29, 0.717) is 5.89 Å². The average molecular weight is 629 g/mol. The first-order valence-electron chi connectivity index (χ1n) is 16.5. The minimum atomic E-state index is 0.609. The number of benzene rings is 8. The largest absolute Gasteiger partial charge is 0.455 e. The Labute approximate surface area is 282 Å². The quantitative estimate of drug-likeness (QED) is 0.178. The highest BCUT2D eigenvalue weighted by molar-refractivity contribution is 6.22. The van der Waals surface area contributed by atoms with Gasteiger partial charge in [0.1, 0.15) is 16.7 Å².